The molecule has 7 nitrogen and oxygen atoms in total. The monoisotopic (exact) mass is 478 g/mol. The van der Waals surface area contributed by atoms with E-state index in [9.17, 15) is 9.59 Å². The van der Waals surface area contributed by atoms with E-state index in [1.807, 2.05) is 18.2 Å². The van der Waals surface area contributed by atoms with Gasteiger partial charge in [0.2, 0.25) is 5.91 Å². The number of ether oxygens (including phenoxy) is 1. The second-order valence-electron chi connectivity index (χ2n) is 9.62. The van der Waals surface area contributed by atoms with Crippen LogP contribution in [0.4, 0.5) is 16.2 Å². The summed E-state index contributed by atoms with van der Waals surface area (Å²) in [5.41, 5.74) is 4.05. The highest BCUT2D eigenvalue weighted by Gasteiger charge is 2.39. The van der Waals surface area contributed by atoms with Crippen molar-refractivity contribution in [2.75, 3.05) is 24.3 Å². The van der Waals surface area contributed by atoms with Crippen LogP contribution in [0.25, 0.3) is 0 Å². The Hall–Kier alpha value is -3.06. The molecule has 0 spiro atoms. The molecule has 0 saturated carbocycles. The fourth-order valence-corrected chi connectivity index (χ4v) is 5.66. The van der Waals surface area contributed by atoms with Crippen LogP contribution in [-0.2, 0) is 17.6 Å². The number of amides is 3. The topological polar surface area (TPSA) is 82.7 Å². The van der Waals surface area contributed by atoms with Crippen LogP contribution in [0.3, 0.4) is 0 Å². The quantitative estimate of drug-likeness (QED) is 0.501. The molecule has 2 heterocycles. The van der Waals surface area contributed by atoms with Crippen molar-refractivity contribution in [3.63, 3.8) is 0 Å². The van der Waals surface area contributed by atoms with Crippen LogP contribution >= 0.6 is 0 Å². The number of benzene rings is 2. The number of aryl methyl sites for hydroxylation is 2. The number of piperidine rings is 2. The summed E-state index contributed by atoms with van der Waals surface area (Å²) >= 11 is 0. The largest absolute Gasteiger partial charge is 0.497 e. The second kappa shape index (κ2) is 11.6. The number of rotatable bonds is 8. The fourth-order valence-electron chi connectivity index (χ4n) is 5.66. The molecule has 0 aromatic heterocycles. The highest BCUT2D eigenvalue weighted by atomic mass is 16.5. The van der Waals surface area contributed by atoms with Crippen molar-refractivity contribution in [3.8, 4) is 5.75 Å². The van der Waals surface area contributed by atoms with E-state index in [1.54, 1.807) is 13.2 Å². The lowest BCUT2D eigenvalue weighted by molar-refractivity contribution is -0.120. The lowest BCUT2D eigenvalue weighted by atomic mass is 9.81. The van der Waals surface area contributed by atoms with Crippen molar-refractivity contribution < 1.29 is 14.3 Å². The maximum Gasteiger partial charge on any atom is 0.319 e. The standard InChI is InChI=1S/C28H38N4O3/c1-4-19-9-6-10-20(5-2)27(19)31-26(33)18-32-23-12-8-13-24(32)16-22(15-23)30-28(34)29-21-11-7-14-25(17-21)35-3/h6-7,9-11,14,17,22-24H,4-5,8,12-13,15-16,18H2,1-3H3,(H,31,33)(H2,29,30,34)/t23-,24-/m0/s1. The van der Waals surface area contributed by atoms with E-state index in [1.165, 1.54) is 17.5 Å². The van der Waals surface area contributed by atoms with Gasteiger partial charge in [0, 0.05) is 35.6 Å². The maximum atomic E-state index is 13.1. The zero-order valence-corrected chi connectivity index (χ0v) is 21.1. The van der Waals surface area contributed by atoms with Gasteiger partial charge in [-0.05, 0) is 61.8 Å². The Kier molecular flexibility index (Phi) is 8.29. The predicted octanol–water partition coefficient (Wildman–Crippen LogP) is 4.97. The third kappa shape index (κ3) is 6.14. The SMILES string of the molecule is CCc1cccc(CC)c1NC(=O)CN1[C@H]2CCC[C@H]1CC(NC(=O)Nc1cccc(OC)c1)C2. The van der Waals surface area contributed by atoms with Gasteiger partial charge in [-0.3, -0.25) is 9.69 Å². The molecule has 4 rings (SSSR count). The Morgan fingerprint density at radius 3 is 2.26 bits per heavy atom. The smallest absolute Gasteiger partial charge is 0.319 e. The number of fused-ring (bicyclic) bond motifs is 2. The molecular weight excluding hydrogens is 440 g/mol. The van der Waals surface area contributed by atoms with E-state index in [-0.39, 0.29) is 18.0 Å². The van der Waals surface area contributed by atoms with Crippen LogP contribution in [0.5, 0.6) is 5.75 Å². The number of hydrogen-bond acceptors (Lipinski definition) is 4. The maximum absolute atomic E-state index is 13.1. The summed E-state index contributed by atoms with van der Waals surface area (Å²) in [6, 6.07) is 14.1. The molecule has 0 radical (unpaired) electrons. The normalized spacial score (nSPS) is 21.7. The van der Waals surface area contributed by atoms with Crippen LogP contribution in [0, 0.1) is 0 Å². The molecule has 3 amide bonds. The number of urea groups is 1. The molecule has 2 saturated heterocycles. The highest BCUT2D eigenvalue weighted by Crippen LogP contribution is 2.34. The highest BCUT2D eigenvalue weighted by molar-refractivity contribution is 5.94. The number of nitrogens with zero attached hydrogens (tertiary/aromatic N) is 1. The molecule has 2 aromatic carbocycles. The number of carbonyl (C=O) groups is 2. The minimum atomic E-state index is -0.198. The van der Waals surface area contributed by atoms with E-state index in [2.05, 4.69) is 52.9 Å². The number of nitrogens with one attached hydrogen (secondary N) is 3. The zero-order chi connectivity index (χ0) is 24.8. The summed E-state index contributed by atoms with van der Waals surface area (Å²) in [6.45, 7) is 4.65. The molecule has 35 heavy (non-hydrogen) atoms. The molecule has 0 aliphatic carbocycles. The first-order valence-electron chi connectivity index (χ1n) is 12.9. The first-order valence-corrected chi connectivity index (χ1v) is 12.9. The molecule has 2 bridgehead atoms. The first-order chi connectivity index (χ1) is 17.0. The van der Waals surface area contributed by atoms with Gasteiger partial charge in [0.15, 0.2) is 0 Å². The zero-order valence-electron chi connectivity index (χ0n) is 21.1. The summed E-state index contributed by atoms with van der Waals surface area (Å²) < 4.78 is 5.23. The van der Waals surface area contributed by atoms with Crippen LogP contribution in [0.2, 0.25) is 0 Å². The van der Waals surface area contributed by atoms with E-state index >= 15 is 0 Å². The van der Waals surface area contributed by atoms with E-state index in [0.717, 1.165) is 44.2 Å². The van der Waals surface area contributed by atoms with Crippen molar-refractivity contribution in [3.05, 3.63) is 53.6 Å². The van der Waals surface area contributed by atoms with Crippen LogP contribution in [0.15, 0.2) is 42.5 Å². The van der Waals surface area contributed by atoms with Gasteiger partial charge in [-0.25, -0.2) is 4.79 Å². The molecule has 3 N–H and O–H groups in total. The van der Waals surface area contributed by atoms with Crippen LogP contribution in [-0.4, -0.2) is 48.6 Å². The van der Waals surface area contributed by atoms with Gasteiger partial charge in [-0.1, -0.05) is 44.5 Å². The molecule has 2 aliphatic rings. The average molecular weight is 479 g/mol. The predicted molar refractivity (Wildman–Crippen MR) is 140 cm³/mol. The van der Waals surface area contributed by atoms with Gasteiger partial charge in [-0.15, -0.1) is 0 Å². The van der Waals surface area contributed by atoms with Gasteiger partial charge < -0.3 is 20.7 Å². The third-order valence-corrected chi connectivity index (χ3v) is 7.38. The van der Waals surface area contributed by atoms with E-state index < -0.39 is 0 Å². The summed E-state index contributed by atoms with van der Waals surface area (Å²) in [5.74, 6) is 0.760. The van der Waals surface area contributed by atoms with Gasteiger partial charge in [0.25, 0.3) is 0 Å². The van der Waals surface area contributed by atoms with Crippen molar-refractivity contribution in [1.82, 2.24) is 10.2 Å². The van der Waals surface area contributed by atoms with Crippen LogP contribution < -0.4 is 20.7 Å². The Bertz CT molecular complexity index is 1000. The minimum Gasteiger partial charge on any atom is -0.497 e. The Balaban J connectivity index is 1.35. The molecule has 2 atom stereocenters. The van der Waals surface area contributed by atoms with Crippen LogP contribution in [0.1, 0.15) is 57.1 Å². The first kappa shape index (κ1) is 25.0. The van der Waals surface area contributed by atoms with Crippen molar-refractivity contribution in [1.29, 1.82) is 0 Å². The van der Waals surface area contributed by atoms with Crippen molar-refractivity contribution in [2.24, 2.45) is 0 Å². The molecule has 2 fully saturated rings. The minimum absolute atomic E-state index is 0.0553. The molecule has 188 valence electrons. The fraction of sp³-hybridized carbons (Fsp3) is 0.500. The molecular formula is C28H38N4O3. The Morgan fingerprint density at radius 1 is 0.971 bits per heavy atom. The second-order valence-corrected chi connectivity index (χ2v) is 9.62. The summed E-state index contributed by atoms with van der Waals surface area (Å²) in [4.78, 5) is 28.1. The summed E-state index contributed by atoms with van der Waals surface area (Å²) in [6.07, 6.45) is 6.81. The number of anilines is 2. The Morgan fingerprint density at radius 2 is 1.63 bits per heavy atom. The molecule has 2 aliphatic heterocycles. The van der Waals surface area contributed by atoms with Crippen molar-refractivity contribution >= 4 is 23.3 Å². The van der Waals surface area contributed by atoms with Gasteiger partial charge in [0.1, 0.15) is 5.75 Å². The molecule has 0 unspecified atom stereocenters. The van der Waals surface area contributed by atoms with Gasteiger partial charge >= 0.3 is 6.03 Å². The lowest BCUT2D eigenvalue weighted by Gasteiger charge is -2.48. The van der Waals surface area contributed by atoms with Gasteiger partial charge in [-0.2, -0.15) is 0 Å². The number of carbonyl (C=O) groups excluding carboxylic acids is 2. The number of para-hydroxylation sites is 1. The average Bonchev–Trinajstić information content (AvgIpc) is 2.84. The molecule has 7 heteroatoms. The molecule has 2 aromatic rings. The number of methoxy groups -OCH3 is 1. The lowest BCUT2D eigenvalue weighted by Crippen LogP contribution is -2.58. The van der Waals surface area contributed by atoms with Gasteiger partial charge in [0.05, 0.1) is 13.7 Å². The number of hydrogen-bond donors (Lipinski definition) is 3. The third-order valence-electron chi connectivity index (χ3n) is 7.38. The van der Waals surface area contributed by atoms with Crippen molar-refractivity contribution in [2.45, 2.75) is 76.9 Å². The summed E-state index contributed by atoms with van der Waals surface area (Å²) in [7, 11) is 1.61. The summed E-state index contributed by atoms with van der Waals surface area (Å²) in [5, 5.41) is 9.30. The van der Waals surface area contributed by atoms with E-state index in [0.29, 0.717) is 30.1 Å². The Labute approximate surface area is 208 Å². The van der Waals surface area contributed by atoms with E-state index in [4.69, 9.17) is 4.74 Å².